The highest BCUT2D eigenvalue weighted by Crippen LogP contribution is 2.48. The van der Waals surface area contributed by atoms with E-state index in [1.54, 1.807) is 32.0 Å². The molecule has 138 valence electrons. The molecular weight excluding hydrogens is 295 g/mol. The number of rotatable bonds is 10. The maximum absolute atomic E-state index is 5.60. The van der Waals surface area contributed by atoms with E-state index in [0.717, 1.165) is 44.4 Å². The molecule has 0 saturated carbocycles. The molecule has 0 aromatic carbocycles. The van der Waals surface area contributed by atoms with Crippen LogP contribution < -0.4 is 0 Å². The second-order valence-electron chi connectivity index (χ2n) is 8.62. The Balaban J connectivity index is 1.14. The number of unbranched alkanes of at least 4 members (excludes halogenated alkanes) is 6. The zero-order valence-corrected chi connectivity index (χ0v) is 15.9. The number of fused-ring (bicyclic) bond motifs is 2. The lowest BCUT2D eigenvalue weighted by Crippen LogP contribution is -2.34. The monoisotopic (exact) mass is 334 g/mol. The van der Waals surface area contributed by atoms with Crippen LogP contribution in [0.2, 0.25) is 18.0 Å². The molecule has 0 atom stereocenters. The fraction of sp³-hybridized carbons (Fsp3) is 1.00. The van der Waals surface area contributed by atoms with Crippen LogP contribution in [0.5, 0.6) is 0 Å². The van der Waals surface area contributed by atoms with Crippen molar-refractivity contribution in [2.75, 3.05) is 13.2 Å². The average molecular weight is 334 g/mol. The predicted octanol–water partition coefficient (Wildman–Crippen LogP) is 6.47. The first kappa shape index (κ1) is 18.8. The Kier molecular flexibility index (Phi) is 8.49. The maximum Gasteiger partial charge on any atom is 0.157 e. The maximum atomic E-state index is 5.60. The third-order valence-corrected chi connectivity index (χ3v) is 6.88. The predicted molar refractivity (Wildman–Crippen MR) is 103 cm³/mol. The standard InChI is InChI=1S/C21H39BO2/c1(2-4-6-15-21-23-17-10-18-24-21)3-5-7-16-22-19-11-8-12-20(22)14-9-13-19/h19-21H,1-18H2. The molecule has 0 aromatic heterocycles. The number of hydrogen-bond acceptors (Lipinski definition) is 2. The van der Waals surface area contributed by atoms with Gasteiger partial charge in [0.05, 0.1) is 13.2 Å². The Morgan fingerprint density at radius 1 is 0.625 bits per heavy atom. The normalized spacial score (nSPS) is 28.2. The lowest BCUT2D eigenvalue weighted by molar-refractivity contribution is -0.181. The van der Waals surface area contributed by atoms with Crippen molar-refractivity contribution in [3.05, 3.63) is 0 Å². The lowest BCUT2D eigenvalue weighted by atomic mass is 9.26. The number of ether oxygens (including phenoxy) is 2. The summed E-state index contributed by atoms with van der Waals surface area (Å²) in [4.78, 5) is 0. The molecule has 2 bridgehead atoms. The van der Waals surface area contributed by atoms with Gasteiger partial charge in [-0.2, -0.15) is 0 Å². The summed E-state index contributed by atoms with van der Waals surface area (Å²) in [6.07, 6.45) is 23.0. The first-order valence-corrected chi connectivity index (χ1v) is 11.2. The molecule has 0 N–H and O–H groups in total. The van der Waals surface area contributed by atoms with Crippen molar-refractivity contribution in [1.82, 2.24) is 0 Å². The third kappa shape index (κ3) is 6.06. The van der Waals surface area contributed by atoms with Gasteiger partial charge in [0.25, 0.3) is 0 Å². The zero-order chi connectivity index (χ0) is 16.5. The Labute approximate surface area is 150 Å². The van der Waals surface area contributed by atoms with Crippen molar-refractivity contribution in [2.24, 2.45) is 0 Å². The van der Waals surface area contributed by atoms with Crippen LogP contribution in [0.3, 0.4) is 0 Å². The minimum absolute atomic E-state index is 0.105. The molecule has 3 rings (SSSR count). The quantitative estimate of drug-likeness (QED) is 0.336. The molecule has 3 heteroatoms. The molecule has 0 aliphatic carbocycles. The molecule has 24 heavy (non-hydrogen) atoms. The van der Waals surface area contributed by atoms with Crippen LogP contribution >= 0.6 is 0 Å². The molecule has 0 radical (unpaired) electrons. The summed E-state index contributed by atoms with van der Waals surface area (Å²) in [7, 11) is 0. The highest BCUT2D eigenvalue weighted by atomic mass is 16.7. The van der Waals surface area contributed by atoms with E-state index in [0.29, 0.717) is 0 Å². The van der Waals surface area contributed by atoms with E-state index in [9.17, 15) is 0 Å². The second kappa shape index (κ2) is 10.9. The topological polar surface area (TPSA) is 18.5 Å². The molecule has 3 fully saturated rings. The van der Waals surface area contributed by atoms with Crippen LogP contribution in [0, 0.1) is 0 Å². The van der Waals surface area contributed by atoms with Crippen molar-refractivity contribution in [1.29, 1.82) is 0 Å². The van der Waals surface area contributed by atoms with Crippen LogP contribution in [0.4, 0.5) is 0 Å². The van der Waals surface area contributed by atoms with Crippen LogP contribution in [0.1, 0.15) is 96.3 Å². The Morgan fingerprint density at radius 2 is 1.17 bits per heavy atom. The van der Waals surface area contributed by atoms with Crippen molar-refractivity contribution < 1.29 is 9.47 Å². The first-order chi connectivity index (χ1) is 11.9. The molecule has 0 aromatic rings. The zero-order valence-electron chi connectivity index (χ0n) is 15.9. The summed E-state index contributed by atoms with van der Waals surface area (Å²) < 4.78 is 11.2. The van der Waals surface area contributed by atoms with Crippen molar-refractivity contribution in [2.45, 2.75) is 121 Å². The van der Waals surface area contributed by atoms with Crippen molar-refractivity contribution in [3.8, 4) is 0 Å². The summed E-state index contributed by atoms with van der Waals surface area (Å²) in [5, 5.41) is 0. The van der Waals surface area contributed by atoms with Gasteiger partial charge in [0, 0.05) is 0 Å². The summed E-state index contributed by atoms with van der Waals surface area (Å²) in [6, 6.07) is 0. The summed E-state index contributed by atoms with van der Waals surface area (Å²) in [5.41, 5.74) is 0. The van der Waals surface area contributed by atoms with Crippen LogP contribution in [0.15, 0.2) is 0 Å². The van der Waals surface area contributed by atoms with Crippen molar-refractivity contribution >= 4 is 6.71 Å². The van der Waals surface area contributed by atoms with Gasteiger partial charge in [-0.15, -0.1) is 0 Å². The minimum atomic E-state index is 0.105. The van der Waals surface area contributed by atoms with E-state index in [1.165, 1.54) is 57.8 Å². The fourth-order valence-corrected chi connectivity index (χ4v) is 5.56. The largest absolute Gasteiger partial charge is 0.353 e. The highest BCUT2D eigenvalue weighted by molar-refractivity contribution is 6.62. The molecular formula is C21H39BO2. The molecule has 3 heterocycles. The molecule has 2 nitrogen and oxygen atoms in total. The van der Waals surface area contributed by atoms with Crippen molar-refractivity contribution in [3.63, 3.8) is 0 Å². The Morgan fingerprint density at radius 3 is 1.79 bits per heavy atom. The van der Waals surface area contributed by atoms with Gasteiger partial charge in [-0.3, -0.25) is 0 Å². The van der Waals surface area contributed by atoms with Gasteiger partial charge in [0.2, 0.25) is 0 Å². The van der Waals surface area contributed by atoms with E-state index in [4.69, 9.17) is 9.47 Å². The number of hydrogen-bond donors (Lipinski definition) is 0. The Hall–Kier alpha value is -0.0151. The molecule has 3 aliphatic rings. The van der Waals surface area contributed by atoms with E-state index in [1.807, 2.05) is 0 Å². The average Bonchev–Trinajstić information content (AvgIpc) is 2.61. The van der Waals surface area contributed by atoms with Gasteiger partial charge >= 0.3 is 0 Å². The van der Waals surface area contributed by atoms with Gasteiger partial charge in [-0.25, -0.2) is 0 Å². The first-order valence-electron chi connectivity index (χ1n) is 11.2. The van der Waals surface area contributed by atoms with Gasteiger partial charge in [-0.1, -0.05) is 95.0 Å². The molecule has 3 saturated heterocycles. The molecule has 3 aliphatic heterocycles. The van der Waals surface area contributed by atoms with E-state index < -0.39 is 0 Å². The molecule has 0 amide bonds. The highest BCUT2D eigenvalue weighted by Gasteiger charge is 2.37. The lowest BCUT2D eigenvalue weighted by Gasteiger charge is -2.40. The van der Waals surface area contributed by atoms with Gasteiger partial charge in [0.15, 0.2) is 6.29 Å². The summed E-state index contributed by atoms with van der Waals surface area (Å²) >= 11 is 0. The fourth-order valence-electron chi connectivity index (χ4n) is 5.56. The third-order valence-electron chi connectivity index (χ3n) is 6.88. The van der Waals surface area contributed by atoms with Crippen LogP contribution in [-0.4, -0.2) is 26.2 Å². The minimum Gasteiger partial charge on any atom is -0.353 e. The second-order valence-corrected chi connectivity index (χ2v) is 8.62. The molecule has 0 spiro atoms. The smallest absolute Gasteiger partial charge is 0.157 e. The van der Waals surface area contributed by atoms with Gasteiger partial charge in [-0.05, 0) is 19.3 Å². The SMILES string of the molecule is C(CCCCB1C2CCCC1CCC2)CCCCC1OCCCO1. The summed E-state index contributed by atoms with van der Waals surface area (Å²) in [6.45, 7) is 2.91. The Bertz CT molecular complexity index is 308. The van der Waals surface area contributed by atoms with Crippen LogP contribution in [-0.2, 0) is 9.47 Å². The molecule has 0 unspecified atom stereocenters. The summed E-state index contributed by atoms with van der Waals surface area (Å²) in [5.74, 6) is 2.23. The van der Waals surface area contributed by atoms with E-state index in [-0.39, 0.29) is 6.29 Å². The van der Waals surface area contributed by atoms with E-state index in [2.05, 4.69) is 0 Å². The van der Waals surface area contributed by atoms with Gasteiger partial charge < -0.3 is 9.47 Å². The van der Waals surface area contributed by atoms with Gasteiger partial charge in [0.1, 0.15) is 6.71 Å². The van der Waals surface area contributed by atoms with E-state index >= 15 is 0 Å². The van der Waals surface area contributed by atoms with Crippen LogP contribution in [0.25, 0.3) is 0 Å².